The summed E-state index contributed by atoms with van der Waals surface area (Å²) < 4.78 is 17.9. The highest BCUT2D eigenvalue weighted by molar-refractivity contribution is 9.10. The van der Waals surface area contributed by atoms with Gasteiger partial charge >= 0.3 is 5.97 Å². The van der Waals surface area contributed by atoms with Gasteiger partial charge in [-0.3, -0.25) is 4.79 Å². The maximum absolute atomic E-state index is 13.4. The zero-order valence-electron chi connectivity index (χ0n) is 9.09. The van der Waals surface area contributed by atoms with Gasteiger partial charge in [0.15, 0.2) is 0 Å². The first-order chi connectivity index (χ1) is 7.54. The van der Waals surface area contributed by atoms with E-state index in [-0.39, 0.29) is 18.3 Å². The fraction of sp³-hybridized carbons (Fsp3) is 0.364. The second-order valence-corrected chi connectivity index (χ2v) is 4.46. The van der Waals surface area contributed by atoms with Crippen molar-refractivity contribution in [2.75, 3.05) is 19.0 Å². The van der Waals surface area contributed by atoms with Gasteiger partial charge in [0.1, 0.15) is 10.6 Å². The lowest BCUT2D eigenvalue weighted by molar-refractivity contribution is -0.139. The molecule has 1 rings (SSSR count). The SMILES string of the molecule is COC(=O)C(Br)CNc1ccc(C)cc1F. The lowest BCUT2D eigenvalue weighted by atomic mass is 10.2. The number of carbonyl (C=O) groups excluding carboxylic acids is 1. The smallest absolute Gasteiger partial charge is 0.321 e. The Labute approximate surface area is 102 Å². The average molecular weight is 290 g/mol. The normalized spacial score (nSPS) is 12.0. The van der Waals surface area contributed by atoms with Gasteiger partial charge in [0, 0.05) is 6.54 Å². The van der Waals surface area contributed by atoms with E-state index in [9.17, 15) is 9.18 Å². The van der Waals surface area contributed by atoms with E-state index < -0.39 is 4.83 Å². The number of rotatable bonds is 4. The Bertz CT molecular complexity index is 384. The number of hydrogen-bond donors (Lipinski definition) is 1. The van der Waals surface area contributed by atoms with Crippen LogP contribution in [-0.4, -0.2) is 24.5 Å². The van der Waals surface area contributed by atoms with Crippen LogP contribution >= 0.6 is 15.9 Å². The molecular formula is C11H13BrFNO2. The monoisotopic (exact) mass is 289 g/mol. The molecule has 0 fully saturated rings. The van der Waals surface area contributed by atoms with Crippen molar-refractivity contribution in [3.8, 4) is 0 Å². The Kier molecular flexibility index (Phi) is 4.73. The summed E-state index contributed by atoms with van der Waals surface area (Å²) in [4.78, 5) is 10.6. The second-order valence-electron chi connectivity index (χ2n) is 3.35. The summed E-state index contributed by atoms with van der Waals surface area (Å²) in [5, 5.41) is 2.83. The standard InChI is InChI=1S/C11H13BrFNO2/c1-7-3-4-10(9(13)5-7)14-6-8(12)11(15)16-2/h3-5,8,14H,6H2,1-2H3. The zero-order valence-corrected chi connectivity index (χ0v) is 10.7. The van der Waals surface area contributed by atoms with Crippen molar-refractivity contribution in [1.82, 2.24) is 0 Å². The van der Waals surface area contributed by atoms with Crippen LogP contribution in [0.3, 0.4) is 0 Å². The minimum absolute atomic E-state index is 0.270. The molecule has 0 saturated carbocycles. The van der Waals surface area contributed by atoms with Crippen LogP contribution in [0.5, 0.6) is 0 Å². The molecule has 0 radical (unpaired) electrons. The first-order valence-corrected chi connectivity index (χ1v) is 5.68. The first kappa shape index (κ1) is 13.0. The number of ether oxygens (including phenoxy) is 1. The lowest BCUT2D eigenvalue weighted by Gasteiger charge is -2.11. The molecule has 5 heteroatoms. The van der Waals surface area contributed by atoms with Crippen LogP contribution in [0, 0.1) is 12.7 Å². The summed E-state index contributed by atoms with van der Waals surface area (Å²) in [6, 6.07) is 4.87. The third kappa shape index (κ3) is 3.48. The molecule has 1 aromatic rings. The van der Waals surface area contributed by atoms with Crippen LogP contribution in [0.2, 0.25) is 0 Å². The Morgan fingerprint density at radius 3 is 2.88 bits per heavy atom. The maximum atomic E-state index is 13.4. The summed E-state index contributed by atoms with van der Waals surface area (Å²) in [6.07, 6.45) is 0. The number of hydrogen-bond acceptors (Lipinski definition) is 3. The summed E-state index contributed by atoms with van der Waals surface area (Å²) >= 11 is 3.14. The maximum Gasteiger partial charge on any atom is 0.321 e. The van der Waals surface area contributed by atoms with E-state index in [1.54, 1.807) is 12.1 Å². The van der Waals surface area contributed by atoms with Gasteiger partial charge in [-0.2, -0.15) is 0 Å². The predicted octanol–water partition coefficient (Wildman–Crippen LogP) is 2.48. The summed E-state index contributed by atoms with van der Waals surface area (Å²) in [7, 11) is 1.31. The van der Waals surface area contributed by atoms with Gasteiger partial charge in [-0.15, -0.1) is 0 Å². The minimum Gasteiger partial charge on any atom is -0.468 e. The number of esters is 1. The highest BCUT2D eigenvalue weighted by atomic mass is 79.9. The van der Waals surface area contributed by atoms with Gasteiger partial charge in [-0.25, -0.2) is 4.39 Å². The quantitative estimate of drug-likeness (QED) is 0.684. The van der Waals surface area contributed by atoms with E-state index in [0.29, 0.717) is 5.69 Å². The molecule has 1 aromatic carbocycles. The van der Waals surface area contributed by atoms with E-state index in [1.165, 1.54) is 13.2 Å². The number of benzene rings is 1. The molecule has 0 spiro atoms. The van der Waals surface area contributed by atoms with Crippen molar-refractivity contribution < 1.29 is 13.9 Å². The van der Waals surface area contributed by atoms with Crippen LogP contribution in [0.15, 0.2) is 18.2 Å². The van der Waals surface area contributed by atoms with Crippen molar-refractivity contribution in [3.63, 3.8) is 0 Å². The molecule has 88 valence electrons. The van der Waals surface area contributed by atoms with Gasteiger partial charge in [0.05, 0.1) is 12.8 Å². The molecule has 1 N–H and O–H groups in total. The van der Waals surface area contributed by atoms with Crippen LogP contribution in [0.25, 0.3) is 0 Å². The van der Waals surface area contributed by atoms with Gasteiger partial charge in [-0.1, -0.05) is 22.0 Å². The van der Waals surface area contributed by atoms with Gasteiger partial charge < -0.3 is 10.1 Å². The second kappa shape index (κ2) is 5.84. The molecule has 0 bridgehead atoms. The van der Waals surface area contributed by atoms with Crippen LogP contribution < -0.4 is 5.32 Å². The van der Waals surface area contributed by atoms with E-state index in [0.717, 1.165) is 5.56 Å². The summed E-state index contributed by atoms with van der Waals surface area (Å²) in [6.45, 7) is 2.08. The third-order valence-electron chi connectivity index (χ3n) is 2.05. The van der Waals surface area contributed by atoms with Crippen molar-refractivity contribution in [1.29, 1.82) is 0 Å². The van der Waals surface area contributed by atoms with Gasteiger partial charge in [0.25, 0.3) is 0 Å². The molecule has 0 aliphatic heterocycles. The summed E-state index contributed by atoms with van der Waals surface area (Å²) in [5.74, 6) is -0.718. The number of aryl methyl sites for hydroxylation is 1. The molecule has 0 aromatic heterocycles. The number of anilines is 1. The Morgan fingerprint density at radius 1 is 1.62 bits per heavy atom. The molecule has 0 heterocycles. The molecular weight excluding hydrogens is 277 g/mol. The number of halogens is 2. The Hall–Kier alpha value is -1.10. The van der Waals surface area contributed by atoms with E-state index >= 15 is 0 Å². The van der Waals surface area contributed by atoms with Gasteiger partial charge in [-0.05, 0) is 24.6 Å². The first-order valence-electron chi connectivity index (χ1n) is 4.76. The number of nitrogens with one attached hydrogen (secondary N) is 1. The van der Waals surface area contributed by atoms with Crippen molar-refractivity contribution in [2.45, 2.75) is 11.8 Å². The molecule has 1 unspecified atom stereocenters. The summed E-state index contributed by atoms with van der Waals surface area (Å²) in [5.41, 5.74) is 1.23. The highest BCUT2D eigenvalue weighted by Crippen LogP contribution is 2.16. The van der Waals surface area contributed by atoms with Crippen LogP contribution in [0.1, 0.15) is 5.56 Å². The van der Waals surface area contributed by atoms with Gasteiger partial charge in [0.2, 0.25) is 0 Å². The topological polar surface area (TPSA) is 38.3 Å². The minimum atomic E-state index is -0.488. The van der Waals surface area contributed by atoms with Crippen LogP contribution in [0.4, 0.5) is 10.1 Å². The molecule has 0 aliphatic rings. The van der Waals surface area contributed by atoms with Crippen LogP contribution in [-0.2, 0) is 9.53 Å². The molecule has 0 saturated heterocycles. The zero-order chi connectivity index (χ0) is 12.1. The van der Waals surface area contributed by atoms with Crippen molar-refractivity contribution in [3.05, 3.63) is 29.6 Å². The largest absolute Gasteiger partial charge is 0.468 e. The molecule has 1 atom stereocenters. The van der Waals surface area contributed by atoms with Crippen molar-refractivity contribution in [2.24, 2.45) is 0 Å². The highest BCUT2D eigenvalue weighted by Gasteiger charge is 2.15. The third-order valence-corrected chi connectivity index (χ3v) is 2.75. The average Bonchev–Trinajstić information content (AvgIpc) is 2.26. The molecule has 16 heavy (non-hydrogen) atoms. The van der Waals surface area contributed by atoms with E-state index in [4.69, 9.17) is 0 Å². The predicted molar refractivity (Wildman–Crippen MR) is 64.4 cm³/mol. The number of methoxy groups -OCH3 is 1. The van der Waals surface area contributed by atoms with E-state index in [1.807, 2.05) is 6.92 Å². The lowest BCUT2D eigenvalue weighted by Crippen LogP contribution is -2.24. The number of carbonyl (C=O) groups is 1. The Balaban J connectivity index is 2.58. The molecule has 0 amide bonds. The molecule has 3 nitrogen and oxygen atoms in total. The Morgan fingerprint density at radius 2 is 2.31 bits per heavy atom. The van der Waals surface area contributed by atoms with E-state index in [2.05, 4.69) is 26.0 Å². The fourth-order valence-corrected chi connectivity index (χ4v) is 1.52. The van der Waals surface area contributed by atoms with Crippen molar-refractivity contribution >= 4 is 27.6 Å². The fourth-order valence-electron chi connectivity index (χ4n) is 1.17. The molecule has 0 aliphatic carbocycles. The number of alkyl halides is 1.